The molecule has 9 nitrogen and oxygen atoms in total. The second-order valence-corrected chi connectivity index (χ2v) is 12.8. The first-order valence-electron chi connectivity index (χ1n) is 17.7. The molecule has 0 aliphatic carbocycles. The molecule has 3 aromatic carbocycles. The van der Waals surface area contributed by atoms with E-state index in [-0.39, 0.29) is 18.4 Å². The van der Waals surface area contributed by atoms with Crippen LogP contribution < -0.4 is 14.8 Å². The predicted octanol–water partition coefficient (Wildman–Crippen LogP) is 6.77. The SMILES string of the molecule is COc1ccc(-c2noc(CC(=O)NC(CN3CCN(CCCCCCCCCO)CC3)c3ccccc3)c2-c2ccc(OC)cc2)cc1. The molecule has 9 heteroatoms. The number of aliphatic hydroxyl groups excluding tert-OH is 1. The summed E-state index contributed by atoms with van der Waals surface area (Å²) in [7, 11) is 3.28. The lowest BCUT2D eigenvalue weighted by Gasteiger charge is -2.36. The molecule has 1 amide bonds. The van der Waals surface area contributed by atoms with Crippen molar-refractivity contribution in [3.8, 4) is 33.9 Å². The van der Waals surface area contributed by atoms with Crippen LogP contribution in [0.25, 0.3) is 22.4 Å². The number of hydrogen-bond acceptors (Lipinski definition) is 8. The number of hydrogen-bond donors (Lipinski definition) is 2. The summed E-state index contributed by atoms with van der Waals surface area (Å²) in [6, 6.07) is 25.5. The van der Waals surface area contributed by atoms with E-state index in [2.05, 4.69) is 32.4 Å². The summed E-state index contributed by atoms with van der Waals surface area (Å²) in [5.41, 5.74) is 4.32. The lowest BCUT2D eigenvalue weighted by molar-refractivity contribution is -0.121. The number of benzene rings is 3. The van der Waals surface area contributed by atoms with Crippen LogP contribution in [-0.2, 0) is 11.2 Å². The Kier molecular flexibility index (Phi) is 14.1. The van der Waals surface area contributed by atoms with Gasteiger partial charge in [-0.25, -0.2) is 0 Å². The van der Waals surface area contributed by atoms with Crippen molar-refractivity contribution in [2.75, 3.05) is 60.1 Å². The van der Waals surface area contributed by atoms with Crippen LogP contribution in [0.5, 0.6) is 11.5 Å². The van der Waals surface area contributed by atoms with Gasteiger partial charge in [-0.2, -0.15) is 0 Å². The molecular formula is C40H52N4O5. The Morgan fingerprint density at radius 2 is 1.35 bits per heavy atom. The molecule has 1 fully saturated rings. The van der Waals surface area contributed by atoms with Crippen molar-refractivity contribution in [2.24, 2.45) is 0 Å². The van der Waals surface area contributed by atoms with Gasteiger partial charge in [-0.1, -0.05) is 79.7 Å². The van der Waals surface area contributed by atoms with E-state index in [1.807, 2.05) is 66.7 Å². The molecule has 1 unspecified atom stereocenters. The van der Waals surface area contributed by atoms with Crippen molar-refractivity contribution in [3.05, 3.63) is 90.2 Å². The lowest BCUT2D eigenvalue weighted by Crippen LogP contribution is -2.49. The highest BCUT2D eigenvalue weighted by Gasteiger charge is 2.25. The normalized spacial score (nSPS) is 14.4. The number of aromatic nitrogens is 1. The van der Waals surface area contributed by atoms with E-state index < -0.39 is 0 Å². The molecule has 2 heterocycles. The zero-order valence-corrected chi connectivity index (χ0v) is 29.1. The highest BCUT2D eigenvalue weighted by atomic mass is 16.5. The number of methoxy groups -OCH3 is 2. The number of amides is 1. The molecule has 1 aromatic heterocycles. The van der Waals surface area contributed by atoms with Crippen molar-refractivity contribution < 1.29 is 23.9 Å². The second-order valence-electron chi connectivity index (χ2n) is 12.8. The van der Waals surface area contributed by atoms with Crippen LogP contribution in [0.15, 0.2) is 83.4 Å². The van der Waals surface area contributed by atoms with E-state index in [9.17, 15) is 4.79 Å². The number of aliphatic hydroxyl groups is 1. The molecule has 262 valence electrons. The fourth-order valence-corrected chi connectivity index (χ4v) is 6.54. The minimum Gasteiger partial charge on any atom is -0.497 e. The van der Waals surface area contributed by atoms with Crippen LogP contribution >= 0.6 is 0 Å². The number of carbonyl (C=O) groups is 1. The molecule has 4 aromatic rings. The molecular weight excluding hydrogens is 616 g/mol. The molecule has 1 saturated heterocycles. The maximum absolute atomic E-state index is 13.8. The Labute approximate surface area is 291 Å². The van der Waals surface area contributed by atoms with Crippen LogP contribution in [0.3, 0.4) is 0 Å². The van der Waals surface area contributed by atoms with E-state index in [0.717, 1.165) is 85.9 Å². The number of nitrogens with one attached hydrogen (secondary N) is 1. The largest absolute Gasteiger partial charge is 0.497 e. The quantitative estimate of drug-likeness (QED) is 0.106. The number of piperazine rings is 1. The van der Waals surface area contributed by atoms with Crippen molar-refractivity contribution in [1.82, 2.24) is 20.3 Å². The summed E-state index contributed by atoms with van der Waals surface area (Å²) in [5, 5.41) is 16.7. The van der Waals surface area contributed by atoms with Gasteiger partial charge in [-0.05, 0) is 66.9 Å². The molecule has 0 spiro atoms. The summed E-state index contributed by atoms with van der Waals surface area (Å²) in [5.74, 6) is 1.90. The Bertz CT molecular complexity index is 1530. The molecule has 1 atom stereocenters. The summed E-state index contributed by atoms with van der Waals surface area (Å²) < 4.78 is 16.6. The number of unbranched alkanes of at least 4 members (excludes halogenated alkanes) is 6. The predicted molar refractivity (Wildman–Crippen MR) is 194 cm³/mol. The minimum absolute atomic E-state index is 0.0586. The molecule has 0 saturated carbocycles. The van der Waals surface area contributed by atoms with E-state index in [0.29, 0.717) is 18.1 Å². The van der Waals surface area contributed by atoms with Crippen molar-refractivity contribution >= 4 is 5.91 Å². The maximum atomic E-state index is 13.8. The van der Waals surface area contributed by atoms with Gasteiger partial charge in [0.25, 0.3) is 0 Å². The van der Waals surface area contributed by atoms with E-state index >= 15 is 0 Å². The number of carbonyl (C=O) groups excluding carboxylic acids is 1. The highest BCUT2D eigenvalue weighted by molar-refractivity contribution is 5.87. The van der Waals surface area contributed by atoms with Crippen LogP contribution in [0.1, 0.15) is 62.3 Å². The molecule has 1 aliphatic heterocycles. The Balaban J connectivity index is 1.22. The summed E-state index contributed by atoms with van der Waals surface area (Å²) in [6.07, 6.45) is 8.41. The van der Waals surface area contributed by atoms with Gasteiger partial charge in [0.15, 0.2) is 5.76 Å². The summed E-state index contributed by atoms with van der Waals surface area (Å²) >= 11 is 0. The van der Waals surface area contributed by atoms with Gasteiger partial charge in [-0.15, -0.1) is 0 Å². The standard InChI is InChI=1S/C40H52N4O5/c1-47-34-19-15-32(16-20-34)39-37(49-42-40(39)33-17-21-35(48-2)22-18-33)29-38(46)41-36(31-13-9-8-10-14-31)30-44-26-24-43(25-27-44)23-11-6-4-3-5-7-12-28-45/h8-10,13-22,36,45H,3-7,11-12,23-30H2,1-2H3,(H,41,46). The molecule has 2 N–H and O–H groups in total. The Hall–Kier alpha value is -4.18. The average molecular weight is 669 g/mol. The maximum Gasteiger partial charge on any atom is 0.228 e. The number of nitrogens with zero attached hydrogens (tertiary/aromatic N) is 3. The van der Waals surface area contributed by atoms with Gasteiger partial charge >= 0.3 is 0 Å². The smallest absolute Gasteiger partial charge is 0.228 e. The molecule has 1 aliphatic rings. The van der Waals surface area contributed by atoms with Crippen LogP contribution in [-0.4, -0.2) is 86.1 Å². The van der Waals surface area contributed by atoms with Gasteiger partial charge < -0.3 is 29.3 Å². The Morgan fingerprint density at radius 1 is 0.776 bits per heavy atom. The van der Waals surface area contributed by atoms with E-state index in [1.54, 1.807) is 14.2 Å². The third kappa shape index (κ3) is 10.7. The summed E-state index contributed by atoms with van der Waals surface area (Å²) in [6.45, 7) is 6.26. The first-order chi connectivity index (χ1) is 24.1. The van der Waals surface area contributed by atoms with Gasteiger partial charge in [0.05, 0.1) is 32.2 Å². The van der Waals surface area contributed by atoms with E-state index in [4.69, 9.17) is 19.1 Å². The topological polar surface area (TPSA) is 100 Å². The van der Waals surface area contributed by atoms with Gasteiger partial charge in [0.2, 0.25) is 5.91 Å². The highest BCUT2D eigenvalue weighted by Crippen LogP contribution is 2.36. The van der Waals surface area contributed by atoms with Crippen molar-refractivity contribution in [1.29, 1.82) is 0 Å². The number of rotatable bonds is 19. The zero-order chi connectivity index (χ0) is 34.3. The van der Waals surface area contributed by atoms with Crippen LogP contribution in [0, 0.1) is 0 Å². The molecule has 5 rings (SSSR count). The van der Waals surface area contributed by atoms with Crippen molar-refractivity contribution in [2.45, 2.75) is 57.4 Å². The van der Waals surface area contributed by atoms with Gasteiger partial charge in [-0.3, -0.25) is 9.69 Å². The summed E-state index contributed by atoms with van der Waals surface area (Å²) in [4.78, 5) is 18.8. The molecule has 0 radical (unpaired) electrons. The minimum atomic E-state index is -0.153. The number of ether oxygens (including phenoxy) is 2. The van der Waals surface area contributed by atoms with E-state index in [1.165, 1.54) is 32.1 Å². The first kappa shape index (κ1) is 36.1. The third-order valence-electron chi connectivity index (χ3n) is 9.40. The van der Waals surface area contributed by atoms with Crippen molar-refractivity contribution in [3.63, 3.8) is 0 Å². The van der Waals surface area contributed by atoms with Gasteiger partial charge in [0, 0.05) is 44.9 Å². The zero-order valence-electron chi connectivity index (χ0n) is 29.1. The average Bonchev–Trinajstić information content (AvgIpc) is 3.56. The molecule has 49 heavy (non-hydrogen) atoms. The third-order valence-corrected chi connectivity index (χ3v) is 9.40. The lowest BCUT2D eigenvalue weighted by atomic mass is 9.97. The Morgan fingerprint density at radius 3 is 1.96 bits per heavy atom. The fourth-order valence-electron chi connectivity index (χ4n) is 6.54. The molecule has 0 bridgehead atoms. The van der Waals surface area contributed by atoms with Gasteiger partial charge in [0.1, 0.15) is 17.2 Å². The van der Waals surface area contributed by atoms with Crippen LogP contribution in [0.4, 0.5) is 0 Å². The fraction of sp³-hybridized carbons (Fsp3) is 0.450. The first-order valence-corrected chi connectivity index (χ1v) is 17.7. The monoisotopic (exact) mass is 668 g/mol. The van der Waals surface area contributed by atoms with Crippen LogP contribution in [0.2, 0.25) is 0 Å². The second kappa shape index (κ2) is 19.1.